The molecule has 8 nitrogen and oxygen atoms in total. The van der Waals surface area contributed by atoms with Crippen LogP contribution < -0.4 is 14.8 Å². The van der Waals surface area contributed by atoms with Crippen LogP contribution in [-0.2, 0) is 0 Å². The van der Waals surface area contributed by atoms with Gasteiger partial charge in [-0.2, -0.15) is 0 Å². The number of ether oxygens (including phenoxy) is 2. The van der Waals surface area contributed by atoms with E-state index in [1.54, 1.807) is 31.5 Å². The number of aromatic hydroxyl groups is 1. The van der Waals surface area contributed by atoms with Gasteiger partial charge in [-0.25, -0.2) is 14.4 Å². The highest BCUT2D eigenvalue weighted by Crippen LogP contribution is 2.35. The van der Waals surface area contributed by atoms with Crippen LogP contribution in [0.3, 0.4) is 0 Å². The first-order chi connectivity index (χ1) is 15.4. The van der Waals surface area contributed by atoms with Crippen molar-refractivity contribution in [1.82, 2.24) is 25.5 Å². The summed E-state index contributed by atoms with van der Waals surface area (Å²) in [7, 11) is 1.55. The molecule has 0 spiro atoms. The van der Waals surface area contributed by atoms with Crippen molar-refractivity contribution in [2.45, 2.75) is 37.2 Å². The Balaban J connectivity index is 1.33. The van der Waals surface area contributed by atoms with Crippen LogP contribution in [0.15, 0.2) is 54.9 Å². The summed E-state index contributed by atoms with van der Waals surface area (Å²) in [5.41, 5.74) is 1.33. The Labute approximate surface area is 184 Å². The Morgan fingerprint density at radius 3 is 2.72 bits per heavy atom. The zero-order valence-corrected chi connectivity index (χ0v) is 17.6. The molecule has 0 saturated carbocycles. The number of phenolic OH excluding ortho intramolecular Hbond substituents is 1. The third kappa shape index (κ3) is 3.64. The van der Waals surface area contributed by atoms with Crippen molar-refractivity contribution in [2.75, 3.05) is 7.11 Å². The van der Waals surface area contributed by atoms with Gasteiger partial charge in [0.25, 0.3) is 5.88 Å². The molecule has 2 bridgehead atoms. The van der Waals surface area contributed by atoms with Gasteiger partial charge in [-0.1, -0.05) is 18.2 Å². The Morgan fingerprint density at radius 2 is 1.97 bits per heavy atom. The first kappa shape index (κ1) is 20.3. The molecule has 4 atom stereocenters. The molecule has 1 fully saturated rings. The summed E-state index contributed by atoms with van der Waals surface area (Å²) >= 11 is 0. The molecule has 2 aromatic heterocycles. The highest BCUT2D eigenvalue weighted by Gasteiger charge is 2.48. The SMILES string of the molecule is COc1cc(-c2ccc(-c3ncc(O[C@@H]4C[C@H]5C=C[C@](C)(N5)[C@@H]4F)nn3)c(O)c2)ccn1. The van der Waals surface area contributed by atoms with E-state index in [0.717, 1.165) is 11.1 Å². The quantitative estimate of drug-likeness (QED) is 0.590. The number of methoxy groups -OCH3 is 1. The van der Waals surface area contributed by atoms with E-state index < -0.39 is 17.8 Å². The Hall–Kier alpha value is -3.59. The van der Waals surface area contributed by atoms with Gasteiger partial charge in [0.1, 0.15) is 11.9 Å². The highest BCUT2D eigenvalue weighted by molar-refractivity contribution is 5.73. The number of rotatable bonds is 5. The van der Waals surface area contributed by atoms with Gasteiger partial charge in [0.05, 0.1) is 24.4 Å². The summed E-state index contributed by atoms with van der Waals surface area (Å²) in [5.74, 6) is 0.874. The Morgan fingerprint density at radius 1 is 1.12 bits per heavy atom. The molecule has 9 heteroatoms. The van der Waals surface area contributed by atoms with Crippen molar-refractivity contribution in [3.8, 4) is 40.0 Å². The maximum absolute atomic E-state index is 14.9. The van der Waals surface area contributed by atoms with Crippen molar-refractivity contribution in [3.05, 3.63) is 54.9 Å². The predicted octanol–water partition coefficient (Wildman–Crippen LogP) is 3.09. The van der Waals surface area contributed by atoms with Crippen LogP contribution >= 0.6 is 0 Å². The second-order valence-electron chi connectivity index (χ2n) is 8.13. The number of phenols is 1. The lowest BCUT2D eigenvalue weighted by Crippen LogP contribution is -2.60. The van der Waals surface area contributed by atoms with E-state index in [-0.39, 0.29) is 23.5 Å². The van der Waals surface area contributed by atoms with Gasteiger partial charge in [0.15, 0.2) is 12.0 Å². The summed E-state index contributed by atoms with van der Waals surface area (Å²) in [5, 5.41) is 21.9. The number of halogens is 1. The molecule has 3 aromatic rings. The molecule has 0 radical (unpaired) electrons. The minimum absolute atomic E-state index is 0.00602. The van der Waals surface area contributed by atoms with E-state index in [1.807, 2.05) is 31.2 Å². The fraction of sp³-hybridized carbons (Fsp3) is 0.304. The molecule has 2 N–H and O–H groups in total. The standard InChI is InChI=1S/C23H22FN5O3/c1-23-7-5-15(27-23)11-18(21(23)24)32-20-12-26-22(29-28-20)16-4-3-13(9-17(16)30)14-6-8-25-19(10-14)31-2/h3-10,12,15,18,21,27,30H,11H2,1-2H3/t15-,18-,21-,23+/m1/s1. The first-order valence-corrected chi connectivity index (χ1v) is 10.3. The van der Waals surface area contributed by atoms with E-state index in [1.165, 1.54) is 6.20 Å². The van der Waals surface area contributed by atoms with Crippen molar-refractivity contribution < 1.29 is 19.0 Å². The zero-order valence-electron chi connectivity index (χ0n) is 17.6. The predicted molar refractivity (Wildman–Crippen MR) is 115 cm³/mol. The van der Waals surface area contributed by atoms with Crippen molar-refractivity contribution >= 4 is 0 Å². The van der Waals surface area contributed by atoms with E-state index in [4.69, 9.17) is 9.47 Å². The number of piperidine rings is 1. The topological polar surface area (TPSA) is 102 Å². The Bertz CT molecular complexity index is 1170. The van der Waals surface area contributed by atoms with Gasteiger partial charge >= 0.3 is 0 Å². The molecule has 164 valence electrons. The van der Waals surface area contributed by atoms with E-state index >= 15 is 0 Å². The average molecular weight is 435 g/mol. The van der Waals surface area contributed by atoms with Gasteiger partial charge in [-0.3, -0.25) is 5.32 Å². The number of hydrogen-bond donors (Lipinski definition) is 2. The number of nitrogens with one attached hydrogen (secondary N) is 1. The molecule has 5 rings (SSSR count). The highest BCUT2D eigenvalue weighted by atomic mass is 19.1. The van der Waals surface area contributed by atoms with E-state index in [0.29, 0.717) is 17.9 Å². The molecule has 2 aliphatic heterocycles. The molecule has 1 saturated heterocycles. The van der Waals surface area contributed by atoms with Crippen LogP contribution in [0.25, 0.3) is 22.5 Å². The molecule has 2 aliphatic rings. The number of aromatic nitrogens is 4. The number of hydrogen-bond acceptors (Lipinski definition) is 8. The average Bonchev–Trinajstić information content (AvgIpc) is 3.15. The second kappa shape index (κ2) is 7.83. The molecule has 0 unspecified atom stereocenters. The summed E-state index contributed by atoms with van der Waals surface area (Å²) < 4.78 is 25.8. The number of benzene rings is 1. The molecular weight excluding hydrogens is 413 g/mol. The van der Waals surface area contributed by atoms with Gasteiger partial charge in [-0.15, -0.1) is 10.2 Å². The van der Waals surface area contributed by atoms with Crippen LogP contribution in [0.4, 0.5) is 4.39 Å². The molecule has 4 heterocycles. The number of pyridine rings is 1. The number of fused-ring (bicyclic) bond motifs is 2. The molecule has 1 aromatic carbocycles. The smallest absolute Gasteiger partial charge is 0.252 e. The summed E-state index contributed by atoms with van der Waals surface area (Å²) in [6.07, 6.45) is 5.49. The van der Waals surface area contributed by atoms with Crippen LogP contribution in [0.1, 0.15) is 13.3 Å². The van der Waals surface area contributed by atoms with Crippen molar-refractivity contribution in [1.29, 1.82) is 0 Å². The second-order valence-corrected chi connectivity index (χ2v) is 8.13. The van der Waals surface area contributed by atoms with Crippen LogP contribution in [0.5, 0.6) is 17.5 Å². The number of nitrogens with zero attached hydrogens (tertiary/aromatic N) is 4. The molecule has 0 aliphatic carbocycles. The lowest BCUT2D eigenvalue weighted by Gasteiger charge is -2.39. The van der Waals surface area contributed by atoms with Crippen molar-refractivity contribution in [2.24, 2.45) is 0 Å². The van der Waals surface area contributed by atoms with E-state index in [2.05, 4.69) is 25.5 Å². The van der Waals surface area contributed by atoms with Crippen LogP contribution in [0, 0.1) is 0 Å². The minimum atomic E-state index is -1.22. The first-order valence-electron chi connectivity index (χ1n) is 10.3. The van der Waals surface area contributed by atoms with Gasteiger partial charge < -0.3 is 14.6 Å². The fourth-order valence-electron chi connectivity index (χ4n) is 4.18. The third-order valence-corrected chi connectivity index (χ3v) is 5.89. The summed E-state index contributed by atoms with van der Waals surface area (Å²) in [6.45, 7) is 1.81. The lowest BCUT2D eigenvalue weighted by atomic mass is 9.88. The normalized spacial score (nSPS) is 26.2. The van der Waals surface area contributed by atoms with Gasteiger partial charge in [-0.05, 0) is 36.2 Å². The van der Waals surface area contributed by atoms with E-state index in [9.17, 15) is 9.50 Å². The van der Waals surface area contributed by atoms with Crippen LogP contribution in [0.2, 0.25) is 0 Å². The lowest BCUT2D eigenvalue weighted by molar-refractivity contribution is 0.0168. The van der Waals surface area contributed by atoms with Crippen LogP contribution in [-0.4, -0.2) is 56.2 Å². The summed E-state index contributed by atoms with van der Waals surface area (Å²) in [6, 6.07) is 8.84. The van der Waals surface area contributed by atoms with Gasteiger partial charge in [0, 0.05) is 24.7 Å². The number of alkyl halides is 1. The maximum atomic E-state index is 14.9. The third-order valence-electron chi connectivity index (χ3n) is 5.89. The maximum Gasteiger partial charge on any atom is 0.252 e. The fourth-order valence-corrected chi connectivity index (χ4v) is 4.18. The minimum Gasteiger partial charge on any atom is -0.507 e. The zero-order chi connectivity index (χ0) is 22.3. The summed E-state index contributed by atoms with van der Waals surface area (Å²) in [4.78, 5) is 8.34. The monoisotopic (exact) mass is 435 g/mol. The Kier molecular flexibility index (Phi) is 4.97. The molecule has 32 heavy (non-hydrogen) atoms. The van der Waals surface area contributed by atoms with Crippen molar-refractivity contribution in [3.63, 3.8) is 0 Å². The van der Waals surface area contributed by atoms with Gasteiger partial charge in [0.2, 0.25) is 5.88 Å². The largest absolute Gasteiger partial charge is 0.507 e. The molecule has 0 amide bonds. The molecular formula is C23H22FN5O3.